The van der Waals surface area contributed by atoms with Crippen molar-refractivity contribution >= 4 is 28.9 Å². The molecule has 0 radical (unpaired) electrons. The lowest BCUT2D eigenvalue weighted by molar-refractivity contribution is -0.151. The van der Waals surface area contributed by atoms with Gasteiger partial charge in [0.15, 0.2) is 5.70 Å². The van der Waals surface area contributed by atoms with Crippen LogP contribution in [0, 0.1) is 11.8 Å². The van der Waals surface area contributed by atoms with Crippen molar-refractivity contribution in [2.75, 3.05) is 6.61 Å². The van der Waals surface area contributed by atoms with Crippen molar-refractivity contribution in [3.05, 3.63) is 54.1 Å². The molecule has 4 heterocycles. The van der Waals surface area contributed by atoms with Gasteiger partial charge in [-0.05, 0) is 50.7 Å². The second kappa shape index (κ2) is 9.24. The van der Waals surface area contributed by atoms with Crippen LogP contribution in [0.15, 0.2) is 54.1 Å². The SMILES string of the molecule is C=CC(C)=N/C(C(=O)N1C2CC(C2)[C@@H](C)C1COc1ccc(Cl)cn1)=C(\C)n1nccn1. The van der Waals surface area contributed by atoms with E-state index in [0.29, 0.717) is 46.5 Å². The molecular weight excluding hydrogens is 428 g/mol. The van der Waals surface area contributed by atoms with E-state index in [-0.39, 0.29) is 18.0 Å². The Balaban J connectivity index is 1.65. The fraction of sp³-hybridized carbons (Fsp3) is 0.435. The highest BCUT2D eigenvalue weighted by Gasteiger charge is 2.51. The van der Waals surface area contributed by atoms with Crippen molar-refractivity contribution in [1.29, 1.82) is 0 Å². The number of ether oxygens (including phenoxy) is 1. The number of halogens is 1. The van der Waals surface area contributed by atoms with E-state index < -0.39 is 0 Å². The normalized spacial score (nSPS) is 25.6. The Labute approximate surface area is 192 Å². The zero-order valence-electron chi connectivity index (χ0n) is 18.5. The number of piperidine rings is 2. The summed E-state index contributed by atoms with van der Waals surface area (Å²) in [7, 11) is 0. The predicted octanol–water partition coefficient (Wildman–Crippen LogP) is 3.87. The van der Waals surface area contributed by atoms with Gasteiger partial charge in [0.1, 0.15) is 6.61 Å². The minimum absolute atomic E-state index is 0.0925. The number of rotatable bonds is 7. The fourth-order valence-electron chi connectivity index (χ4n) is 4.40. The molecule has 2 bridgehead atoms. The van der Waals surface area contributed by atoms with Gasteiger partial charge in [0.05, 0.1) is 29.2 Å². The predicted molar refractivity (Wildman–Crippen MR) is 123 cm³/mol. The summed E-state index contributed by atoms with van der Waals surface area (Å²) in [6.07, 6.45) is 8.33. The number of carbonyl (C=O) groups is 1. The van der Waals surface area contributed by atoms with Gasteiger partial charge in [-0.25, -0.2) is 9.98 Å². The molecule has 2 aromatic rings. The molecule has 2 aromatic heterocycles. The van der Waals surface area contributed by atoms with Crippen molar-refractivity contribution in [2.24, 2.45) is 16.8 Å². The second-order valence-corrected chi connectivity index (χ2v) is 8.80. The molecule has 32 heavy (non-hydrogen) atoms. The number of aromatic nitrogens is 4. The smallest absolute Gasteiger partial charge is 0.275 e. The average Bonchev–Trinajstić information content (AvgIpc) is 3.30. The molecule has 2 aliphatic heterocycles. The van der Waals surface area contributed by atoms with E-state index in [9.17, 15) is 4.79 Å². The highest BCUT2D eigenvalue weighted by molar-refractivity contribution is 6.30. The molecule has 0 aromatic carbocycles. The summed E-state index contributed by atoms with van der Waals surface area (Å²) in [4.78, 5) is 26.1. The van der Waals surface area contributed by atoms with Gasteiger partial charge >= 0.3 is 0 Å². The van der Waals surface area contributed by atoms with E-state index in [1.807, 2.05) is 11.8 Å². The van der Waals surface area contributed by atoms with Crippen molar-refractivity contribution in [2.45, 2.75) is 45.7 Å². The minimum atomic E-state index is -0.145. The summed E-state index contributed by atoms with van der Waals surface area (Å²) in [6.45, 7) is 9.93. The van der Waals surface area contributed by atoms with Crippen LogP contribution in [-0.4, -0.2) is 55.2 Å². The van der Waals surface area contributed by atoms with Crippen LogP contribution in [0.25, 0.3) is 5.70 Å². The number of nitrogens with zero attached hydrogens (tertiary/aromatic N) is 6. The van der Waals surface area contributed by atoms with Gasteiger partial charge in [0.25, 0.3) is 5.91 Å². The Bertz CT molecular complexity index is 1040. The van der Waals surface area contributed by atoms with E-state index in [1.54, 1.807) is 43.7 Å². The molecule has 9 heteroatoms. The van der Waals surface area contributed by atoms with Gasteiger partial charge in [-0.1, -0.05) is 25.1 Å². The number of aliphatic imine (C=N–C) groups is 1. The maximum atomic E-state index is 13.9. The lowest BCUT2D eigenvalue weighted by atomic mass is 9.64. The molecule has 3 fully saturated rings. The van der Waals surface area contributed by atoms with Crippen molar-refractivity contribution in [3.8, 4) is 5.88 Å². The maximum absolute atomic E-state index is 13.9. The van der Waals surface area contributed by atoms with Gasteiger partial charge in [0, 0.05) is 24.0 Å². The second-order valence-electron chi connectivity index (χ2n) is 8.36. The summed E-state index contributed by atoms with van der Waals surface area (Å²) < 4.78 is 5.97. The fourth-order valence-corrected chi connectivity index (χ4v) is 4.51. The Kier molecular flexibility index (Phi) is 6.41. The summed E-state index contributed by atoms with van der Waals surface area (Å²) in [5.41, 5.74) is 1.52. The summed E-state index contributed by atoms with van der Waals surface area (Å²) in [5, 5.41) is 8.91. The highest BCUT2D eigenvalue weighted by Crippen LogP contribution is 2.47. The third kappa shape index (κ3) is 4.32. The lowest BCUT2D eigenvalue weighted by Crippen LogP contribution is -2.64. The number of allylic oxidation sites excluding steroid dienone is 2. The van der Waals surface area contributed by atoms with Gasteiger partial charge in [-0.2, -0.15) is 15.0 Å². The third-order valence-corrected chi connectivity index (χ3v) is 6.66. The first-order valence-corrected chi connectivity index (χ1v) is 11.1. The number of pyridine rings is 1. The average molecular weight is 455 g/mol. The van der Waals surface area contributed by atoms with Crippen molar-refractivity contribution in [1.82, 2.24) is 24.9 Å². The van der Waals surface area contributed by atoms with E-state index in [2.05, 4.69) is 33.7 Å². The van der Waals surface area contributed by atoms with E-state index in [4.69, 9.17) is 16.3 Å². The number of amides is 1. The van der Waals surface area contributed by atoms with Crippen LogP contribution in [0.3, 0.4) is 0 Å². The Morgan fingerprint density at radius 3 is 2.66 bits per heavy atom. The van der Waals surface area contributed by atoms with Crippen LogP contribution < -0.4 is 4.74 Å². The Morgan fingerprint density at radius 1 is 1.31 bits per heavy atom. The van der Waals surface area contributed by atoms with Crippen molar-refractivity contribution < 1.29 is 9.53 Å². The standard InChI is InChI=1S/C23H27ClN6O2/c1-5-14(2)28-22(16(4)30-26-8-9-27-30)23(31)29-19-10-17(11-19)15(3)20(29)13-32-21-7-6-18(24)12-25-21/h5-9,12,15,17,19-20H,1,10-11,13H2,2-4H3/b22-16+,28-14?/t15-,17?,19?,20?/m1/s1. The van der Waals surface area contributed by atoms with E-state index in [1.165, 1.54) is 4.80 Å². The molecule has 3 aliphatic rings. The zero-order chi connectivity index (χ0) is 22.8. The van der Waals surface area contributed by atoms with Gasteiger partial charge in [0.2, 0.25) is 5.88 Å². The largest absolute Gasteiger partial charge is 0.475 e. The Morgan fingerprint density at radius 2 is 2.03 bits per heavy atom. The topological polar surface area (TPSA) is 85.5 Å². The van der Waals surface area contributed by atoms with Crippen LogP contribution in [0.2, 0.25) is 5.02 Å². The monoisotopic (exact) mass is 454 g/mol. The van der Waals surface area contributed by atoms with Gasteiger partial charge < -0.3 is 9.64 Å². The van der Waals surface area contributed by atoms with Gasteiger partial charge in [-0.3, -0.25) is 4.79 Å². The first kappa shape index (κ1) is 22.2. The summed E-state index contributed by atoms with van der Waals surface area (Å²) in [6, 6.07) is 3.55. The first-order chi connectivity index (χ1) is 15.4. The van der Waals surface area contributed by atoms with E-state index in [0.717, 1.165) is 12.8 Å². The lowest BCUT2D eigenvalue weighted by Gasteiger charge is -2.57. The summed E-state index contributed by atoms with van der Waals surface area (Å²) in [5.74, 6) is 1.23. The molecule has 2 atom stereocenters. The van der Waals surface area contributed by atoms with Crippen LogP contribution >= 0.6 is 11.6 Å². The molecule has 2 saturated heterocycles. The van der Waals surface area contributed by atoms with Crippen molar-refractivity contribution in [3.63, 3.8) is 0 Å². The first-order valence-electron chi connectivity index (χ1n) is 10.7. The number of fused-ring (bicyclic) bond motifs is 2. The van der Waals surface area contributed by atoms with Crippen LogP contribution in [0.5, 0.6) is 5.88 Å². The number of hydrogen-bond donors (Lipinski definition) is 0. The summed E-state index contributed by atoms with van der Waals surface area (Å²) >= 11 is 5.93. The van der Waals surface area contributed by atoms with E-state index >= 15 is 0 Å². The van der Waals surface area contributed by atoms with Gasteiger partial charge in [-0.15, -0.1) is 0 Å². The highest BCUT2D eigenvalue weighted by atomic mass is 35.5. The molecule has 1 saturated carbocycles. The molecule has 5 rings (SSSR count). The third-order valence-electron chi connectivity index (χ3n) is 6.44. The molecular formula is C23H27ClN6O2. The van der Waals surface area contributed by atoms with Crippen LogP contribution in [-0.2, 0) is 4.79 Å². The zero-order valence-corrected chi connectivity index (χ0v) is 19.2. The Hall–Kier alpha value is -3.00. The quantitative estimate of drug-likeness (QED) is 0.468. The molecule has 1 amide bonds. The molecule has 8 nitrogen and oxygen atoms in total. The molecule has 1 unspecified atom stereocenters. The number of hydrogen-bond acceptors (Lipinski definition) is 6. The molecule has 168 valence electrons. The molecule has 0 N–H and O–H groups in total. The van der Waals surface area contributed by atoms with Crippen LogP contribution in [0.1, 0.15) is 33.6 Å². The minimum Gasteiger partial charge on any atom is -0.475 e. The number of carbonyl (C=O) groups excluding carboxylic acids is 1. The molecule has 0 spiro atoms. The maximum Gasteiger partial charge on any atom is 0.275 e. The van der Waals surface area contributed by atoms with Crippen LogP contribution in [0.4, 0.5) is 0 Å². The molecule has 1 aliphatic carbocycles.